The number of hydrogen-bond acceptors (Lipinski definition) is 4. The summed E-state index contributed by atoms with van der Waals surface area (Å²) in [7, 11) is 0. The van der Waals surface area contributed by atoms with Gasteiger partial charge >= 0.3 is 0 Å². The molecule has 0 bridgehead atoms. The summed E-state index contributed by atoms with van der Waals surface area (Å²) in [6, 6.07) is 12.0. The van der Waals surface area contributed by atoms with Crippen LogP contribution in [0.2, 0.25) is 0 Å². The molecule has 1 atom stereocenters. The smallest absolute Gasteiger partial charge is 0.300 e. The Hall–Kier alpha value is -3.67. The number of aliphatic hydroxyl groups is 1. The largest absolute Gasteiger partial charge is 0.507 e. The Bertz CT molecular complexity index is 1250. The van der Waals surface area contributed by atoms with Crippen LogP contribution in [0.25, 0.3) is 5.76 Å². The summed E-state index contributed by atoms with van der Waals surface area (Å²) in [6.45, 7) is 7.12. The third-order valence-electron chi connectivity index (χ3n) is 5.74. The zero-order chi connectivity index (χ0) is 22.4. The van der Waals surface area contributed by atoms with Crippen LogP contribution in [0.3, 0.4) is 0 Å². The van der Waals surface area contributed by atoms with E-state index in [1.807, 2.05) is 26.0 Å². The molecule has 0 spiro atoms. The van der Waals surface area contributed by atoms with E-state index < -0.39 is 23.5 Å². The summed E-state index contributed by atoms with van der Waals surface area (Å²) >= 11 is 0. The van der Waals surface area contributed by atoms with Crippen LogP contribution in [-0.4, -0.2) is 16.8 Å². The average molecular weight is 419 g/mol. The van der Waals surface area contributed by atoms with Gasteiger partial charge in [-0.3, -0.25) is 14.5 Å². The topological polar surface area (TPSA) is 70.8 Å². The van der Waals surface area contributed by atoms with E-state index in [1.165, 1.54) is 23.1 Å². The van der Waals surface area contributed by atoms with Crippen LogP contribution in [0.1, 0.15) is 39.8 Å². The molecule has 1 unspecified atom stereocenters. The van der Waals surface area contributed by atoms with Gasteiger partial charge in [0.25, 0.3) is 11.7 Å². The number of anilines is 1. The molecule has 3 aromatic rings. The van der Waals surface area contributed by atoms with Crippen molar-refractivity contribution in [2.45, 2.75) is 33.7 Å². The molecular weight excluding hydrogens is 397 g/mol. The highest BCUT2D eigenvalue weighted by molar-refractivity contribution is 6.51. The van der Waals surface area contributed by atoms with Crippen molar-refractivity contribution in [3.63, 3.8) is 0 Å². The van der Waals surface area contributed by atoms with Crippen LogP contribution < -0.4 is 4.90 Å². The molecule has 0 radical (unpaired) electrons. The number of amides is 1. The van der Waals surface area contributed by atoms with Gasteiger partial charge in [0.1, 0.15) is 29.1 Å². The van der Waals surface area contributed by atoms with Crippen molar-refractivity contribution in [2.75, 3.05) is 4.90 Å². The number of aryl methyl sites for hydroxylation is 3. The summed E-state index contributed by atoms with van der Waals surface area (Å²) in [5, 5.41) is 11.1. The second-order valence-electron chi connectivity index (χ2n) is 7.80. The molecule has 0 aliphatic carbocycles. The average Bonchev–Trinajstić information content (AvgIpc) is 3.27. The normalized spacial score (nSPS) is 18.1. The van der Waals surface area contributed by atoms with Crippen LogP contribution in [0.15, 0.2) is 58.5 Å². The number of furan rings is 1. The van der Waals surface area contributed by atoms with Crippen molar-refractivity contribution in [3.05, 3.63) is 93.7 Å². The van der Waals surface area contributed by atoms with Crippen LogP contribution in [0.5, 0.6) is 0 Å². The van der Waals surface area contributed by atoms with E-state index in [0.717, 1.165) is 11.1 Å². The maximum absolute atomic E-state index is 13.7. The lowest BCUT2D eigenvalue weighted by atomic mass is 9.98. The lowest BCUT2D eigenvalue weighted by Gasteiger charge is -2.25. The summed E-state index contributed by atoms with van der Waals surface area (Å²) in [5.74, 6) is -1.40. The fourth-order valence-corrected chi connectivity index (χ4v) is 3.89. The lowest BCUT2D eigenvalue weighted by Crippen LogP contribution is -2.30. The minimum Gasteiger partial charge on any atom is -0.507 e. The van der Waals surface area contributed by atoms with Gasteiger partial charge in [-0.15, -0.1) is 0 Å². The first-order valence-electron chi connectivity index (χ1n) is 9.90. The number of benzene rings is 2. The molecular formula is C25H22FNO4. The van der Waals surface area contributed by atoms with Gasteiger partial charge in [-0.1, -0.05) is 12.1 Å². The van der Waals surface area contributed by atoms with Gasteiger partial charge < -0.3 is 9.52 Å². The molecule has 6 heteroatoms. The first-order chi connectivity index (χ1) is 14.7. The summed E-state index contributed by atoms with van der Waals surface area (Å²) in [4.78, 5) is 27.6. The monoisotopic (exact) mass is 419 g/mol. The van der Waals surface area contributed by atoms with Crippen LogP contribution in [-0.2, 0) is 9.59 Å². The Kier molecular flexibility index (Phi) is 5.01. The SMILES string of the molecule is Cc1ccc(C2/C(=C(/O)c3ccc(F)c(C)c3)C(=O)C(=O)N2c2cccc(C)c2C)o1. The van der Waals surface area contributed by atoms with E-state index in [9.17, 15) is 19.1 Å². The number of aliphatic hydroxyl groups excluding tert-OH is 1. The van der Waals surface area contributed by atoms with Crippen molar-refractivity contribution in [1.82, 2.24) is 0 Å². The maximum Gasteiger partial charge on any atom is 0.300 e. The van der Waals surface area contributed by atoms with E-state index in [2.05, 4.69) is 0 Å². The van der Waals surface area contributed by atoms with Gasteiger partial charge in [0, 0.05) is 11.3 Å². The zero-order valence-corrected chi connectivity index (χ0v) is 17.7. The molecule has 5 nitrogen and oxygen atoms in total. The minimum atomic E-state index is -0.945. The quantitative estimate of drug-likeness (QED) is 0.356. The molecule has 1 N–H and O–H groups in total. The molecule has 1 fully saturated rings. The highest BCUT2D eigenvalue weighted by Crippen LogP contribution is 2.43. The number of carbonyl (C=O) groups excluding carboxylic acids is 2. The second kappa shape index (κ2) is 7.54. The Morgan fingerprint density at radius 1 is 1.00 bits per heavy atom. The summed E-state index contributed by atoms with van der Waals surface area (Å²) in [5.41, 5.74) is 2.85. The van der Waals surface area contributed by atoms with Gasteiger partial charge in [-0.25, -0.2) is 4.39 Å². The predicted octanol–water partition coefficient (Wildman–Crippen LogP) is 5.28. The van der Waals surface area contributed by atoms with Crippen molar-refractivity contribution in [1.29, 1.82) is 0 Å². The fourth-order valence-electron chi connectivity index (χ4n) is 3.89. The lowest BCUT2D eigenvalue weighted by molar-refractivity contribution is -0.132. The number of hydrogen-bond donors (Lipinski definition) is 1. The van der Waals surface area contributed by atoms with Gasteiger partial charge in [0.15, 0.2) is 0 Å². The Morgan fingerprint density at radius 3 is 2.39 bits per heavy atom. The van der Waals surface area contributed by atoms with Crippen LogP contribution in [0, 0.1) is 33.5 Å². The predicted molar refractivity (Wildman–Crippen MR) is 115 cm³/mol. The van der Waals surface area contributed by atoms with Crippen molar-refractivity contribution >= 4 is 23.1 Å². The van der Waals surface area contributed by atoms with Crippen molar-refractivity contribution < 1.29 is 23.5 Å². The number of halogens is 1. The first-order valence-corrected chi connectivity index (χ1v) is 9.90. The molecule has 1 aliphatic heterocycles. The Labute approximate surface area is 179 Å². The second-order valence-corrected chi connectivity index (χ2v) is 7.80. The molecule has 2 heterocycles. The highest BCUT2D eigenvalue weighted by Gasteiger charge is 2.48. The third-order valence-corrected chi connectivity index (χ3v) is 5.74. The van der Waals surface area contributed by atoms with Crippen LogP contribution >= 0.6 is 0 Å². The molecule has 31 heavy (non-hydrogen) atoms. The number of nitrogens with zero attached hydrogens (tertiary/aromatic N) is 1. The fraction of sp³-hybridized carbons (Fsp3) is 0.200. The van der Waals surface area contributed by atoms with Crippen molar-refractivity contribution in [2.24, 2.45) is 0 Å². The molecule has 4 rings (SSSR count). The molecule has 1 aromatic heterocycles. The third kappa shape index (κ3) is 3.34. The molecule has 1 amide bonds. The Balaban J connectivity index is 1.98. The standard InChI is InChI=1S/C25H22FNO4/c1-13-6-5-7-19(16(13)4)27-22(20-11-8-15(3)31-20)21(24(29)25(27)30)23(28)17-9-10-18(26)14(2)12-17/h5-12,22,28H,1-4H3/b23-21-. The van der Waals surface area contributed by atoms with Crippen molar-refractivity contribution in [3.8, 4) is 0 Å². The number of Topliss-reactive ketones (excluding diaryl/α,β-unsaturated/α-hetero) is 1. The van der Waals surface area contributed by atoms with E-state index >= 15 is 0 Å². The molecule has 1 aliphatic rings. The van der Waals surface area contributed by atoms with Crippen LogP contribution in [0.4, 0.5) is 10.1 Å². The van der Waals surface area contributed by atoms with E-state index in [-0.39, 0.29) is 16.9 Å². The maximum atomic E-state index is 13.7. The summed E-state index contributed by atoms with van der Waals surface area (Å²) in [6.07, 6.45) is 0. The number of ketones is 1. The zero-order valence-electron chi connectivity index (χ0n) is 17.7. The minimum absolute atomic E-state index is 0.0914. The number of rotatable bonds is 3. The van der Waals surface area contributed by atoms with E-state index in [0.29, 0.717) is 22.8 Å². The molecule has 2 aromatic carbocycles. The Morgan fingerprint density at radius 2 is 1.74 bits per heavy atom. The van der Waals surface area contributed by atoms with Gasteiger partial charge in [0.05, 0.1) is 5.57 Å². The van der Waals surface area contributed by atoms with E-state index in [4.69, 9.17) is 4.42 Å². The van der Waals surface area contributed by atoms with Gasteiger partial charge in [0.2, 0.25) is 0 Å². The summed E-state index contributed by atoms with van der Waals surface area (Å²) < 4.78 is 19.5. The number of carbonyl (C=O) groups is 2. The molecule has 158 valence electrons. The molecule has 0 saturated carbocycles. The highest BCUT2D eigenvalue weighted by atomic mass is 19.1. The van der Waals surface area contributed by atoms with Gasteiger partial charge in [-0.05, 0) is 80.8 Å². The van der Waals surface area contributed by atoms with Gasteiger partial charge in [-0.2, -0.15) is 0 Å². The van der Waals surface area contributed by atoms with E-state index in [1.54, 1.807) is 32.0 Å². The molecule has 1 saturated heterocycles. The first kappa shape index (κ1) is 20.6.